The number of nitrogens with zero attached hydrogens (tertiary/aromatic N) is 3. The number of hydrogen-bond acceptors (Lipinski definition) is 4. The van der Waals surface area contributed by atoms with Crippen LogP contribution in [-0.2, 0) is 0 Å². The molecule has 1 aliphatic rings. The Bertz CT molecular complexity index is 1150. The van der Waals surface area contributed by atoms with Crippen LogP contribution in [0.15, 0.2) is 59.4 Å². The van der Waals surface area contributed by atoms with Crippen molar-refractivity contribution in [1.82, 2.24) is 14.5 Å². The highest BCUT2D eigenvalue weighted by Gasteiger charge is 2.28. The van der Waals surface area contributed by atoms with Crippen LogP contribution in [0.5, 0.6) is 0 Å². The van der Waals surface area contributed by atoms with Gasteiger partial charge in [-0.25, -0.2) is 4.98 Å². The standard InChI is InChI=1S/C21H18N4O2/c1-13-7-8-25-12-18(23-20(25)9-13)15-3-2-4-16(10-15)22-21(26)17-11-19(27-24-17)14-5-6-14/h2-4,7-12,14H,5-6H2,1H3,(H,22,26). The molecular weight excluding hydrogens is 340 g/mol. The normalized spacial score (nSPS) is 13.8. The van der Waals surface area contributed by atoms with E-state index in [0.29, 0.717) is 17.3 Å². The van der Waals surface area contributed by atoms with E-state index in [0.717, 1.165) is 35.5 Å². The van der Waals surface area contributed by atoms with Gasteiger partial charge in [-0.1, -0.05) is 17.3 Å². The third kappa shape index (κ3) is 3.10. The molecule has 0 bridgehead atoms. The second kappa shape index (κ2) is 6.09. The predicted molar refractivity (Wildman–Crippen MR) is 102 cm³/mol. The van der Waals surface area contributed by atoms with Crippen LogP contribution in [0.3, 0.4) is 0 Å². The Morgan fingerprint density at radius 2 is 2.11 bits per heavy atom. The summed E-state index contributed by atoms with van der Waals surface area (Å²) >= 11 is 0. The number of aromatic nitrogens is 3. The Hall–Kier alpha value is -3.41. The molecule has 1 N–H and O–H groups in total. The average molecular weight is 358 g/mol. The Morgan fingerprint density at radius 1 is 1.22 bits per heavy atom. The van der Waals surface area contributed by atoms with Crippen molar-refractivity contribution in [2.45, 2.75) is 25.7 Å². The maximum atomic E-state index is 12.4. The van der Waals surface area contributed by atoms with Crippen LogP contribution >= 0.6 is 0 Å². The lowest BCUT2D eigenvalue weighted by molar-refractivity contribution is 0.101. The number of aryl methyl sites for hydroxylation is 1. The molecule has 3 heterocycles. The first-order valence-electron chi connectivity index (χ1n) is 8.99. The lowest BCUT2D eigenvalue weighted by atomic mass is 10.1. The van der Waals surface area contributed by atoms with Crippen molar-refractivity contribution in [2.24, 2.45) is 0 Å². The number of imidazole rings is 1. The Balaban J connectivity index is 1.39. The molecule has 6 heteroatoms. The summed E-state index contributed by atoms with van der Waals surface area (Å²) in [6.07, 6.45) is 6.19. The number of amides is 1. The molecule has 1 aromatic carbocycles. The van der Waals surface area contributed by atoms with Gasteiger partial charge in [0.15, 0.2) is 5.69 Å². The number of anilines is 1. The Morgan fingerprint density at radius 3 is 2.96 bits per heavy atom. The van der Waals surface area contributed by atoms with Crippen molar-refractivity contribution < 1.29 is 9.32 Å². The highest BCUT2D eigenvalue weighted by atomic mass is 16.5. The van der Waals surface area contributed by atoms with Gasteiger partial charge >= 0.3 is 0 Å². The van der Waals surface area contributed by atoms with E-state index in [9.17, 15) is 4.79 Å². The minimum atomic E-state index is -0.270. The first kappa shape index (κ1) is 15.8. The zero-order chi connectivity index (χ0) is 18.4. The van der Waals surface area contributed by atoms with Gasteiger partial charge in [0.05, 0.1) is 5.69 Å². The van der Waals surface area contributed by atoms with E-state index in [-0.39, 0.29) is 5.91 Å². The molecule has 4 aromatic rings. The van der Waals surface area contributed by atoms with E-state index in [2.05, 4.69) is 15.5 Å². The number of nitrogens with one attached hydrogen (secondary N) is 1. The highest BCUT2D eigenvalue weighted by molar-refractivity contribution is 6.03. The van der Waals surface area contributed by atoms with Crippen molar-refractivity contribution in [3.8, 4) is 11.3 Å². The van der Waals surface area contributed by atoms with Crippen LogP contribution < -0.4 is 5.32 Å². The molecular formula is C21H18N4O2. The fourth-order valence-corrected chi connectivity index (χ4v) is 3.13. The van der Waals surface area contributed by atoms with Gasteiger partial charge in [0.2, 0.25) is 0 Å². The molecule has 0 aliphatic heterocycles. The molecule has 0 atom stereocenters. The molecule has 1 aliphatic carbocycles. The second-order valence-electron chi connectivity index (χ2n) is 7.02. The second-order valence-corrected chi connectivity index (χ2v) is 7.02. The number of rotatable bonds is 4. The highest BCUT2D eigenvalue weighted by Crippen LogP contribution is 2.40. The van der Waals surface area contributed by atoms with Gasteiger partial charge in [0.1, 0.15) is 11.4 Å². The van der Waals surface area contributed by atoms with Crippen LogP contribution in [0.2, 0.25) is 0 Å². The average Bonchev–Trinajstić information content (AvgIpc) is 3.24. The SMILES string of the molecule is Cc1ccn2cc(-c3cccc(NC(=O)c4cc(C5CC5)on4)c3)nc2c1. The third-order valence-corrected chi connectivity index (χ3v) is 4.77. The van der Waals surface area contributed by atoms with Gasteiger partial charge in [-0.2, -0.15) is 0 Å². The molecule has 134 valence electrons. The summed E-state index contributed by atoms with van der Waals surface area (Å²) in [6, 6.07) is 13.5. The number of hydrogen-bond donors (Lipinski definition) is 1. The van der Waals surface area contributed by atoms with E-state index in [1.54, 1.807) is 6.07 Å². The van der Waals surface area contributed by atoms with Crippen molar-refractivity contribution in [3.05, 3.63) is 71.9 Å². The Labute approximate surface area is 155 Å². The number of pyridine rings is 1. The Kier molecular flexibility index (Phi) is 3.57. The van der Waals surface area contributed by atoms with Gasteiger partial charge in [-0.05, 0) is 49.6 Å². The number of carbonyl (C=O) groups is 1. The summed E-state index contributed by atoms with van der Waals surface area (Å²) in [4.78, 5) is 17.1. The fraction of sp³-hybridized carbons (Fsp3) is 0.190. The molecule has 0 spiro atoms. The topological polar surface area (TPSA) is 72.4 Å². The predicted octanol–water partition coefficient (Wildman–Crippen LogP) is 4.43. The lowest BCUT2D eigenvalue weighted by Crippen LogP contribution is -2.12. The van der Waals surface area contributed by atoms with Gasteiger partial charge in [-0.3, -0.25) is 4.79 Å². The van der Waals surface area contributed by atoms with E-state index >= 15 is 0 Å². The van der Waals surface area contributed by atoms with Gasteiger partial charge in [-0.15, -0.1) is 0 Å². The molecule has 0 radical (unpaired) electrons. The minimum Gasteiger partial charge on any atom is -0.360 e. The number of carbonyl (C=O) groups excluding carboxylic acids is 1. The molecule has 1 fully saturated rings. The van der Waals surface area contributed by atoms with E-state index in [1.807, 2.05) is 60.1 Å². The lowest BCUT2D eigenvalue weighted by Gasteiger charge is -2.04. The maximum absolute atomic E-state index is 12.4. The summed E-state index contributed by atoms with van der Waals surface area (Å²) in [6.45, 7) is 2.04. The summed E-state index contributed by atoms with van der Waals surface area (Å²) < 4.78 is 7.25. The van der Waals surface area contributed by atoms with Gasteiger partial charge in [0.25, 0.3) is 5.91 Å². The first-order valence-corrected chi connectivity index (χ1v) is 8.99. The van der Waals surface area contributed by atoms with Crippen LogP contribution in [0.4, 0.5) is 5.69 Å². The molecule has 5 rings (SSSR count). The molecule has 27 heavy (non-hydrogen) atoms. The summed E-state index contributed by atoms with van der Waals surface area (Å²) in [5.74, 6) is 0.961. The van der Waals surface area contributed by atoms with Crippen molar-refractivity contribution in [1.29, 1.82) is 0 Å². The maximum Gasteiger partial charge on any atom is 0.277 e. The molecule has 3 aromatic heterocycles. The summed E-state index contributed by atoms with van der Waals surface area (Å²) in [7, 11) is 0. The molecule has 1 amide bonds. The molecule has 6 nitrogen and oxygen atoms in total. The molecule has 1 saturated carbocycles. The van der Waals surface area contributed by atoms with Crippen molar-refractivity contribution in [2.75, 3.05) is 5.32 Å². The fourth-order valence-electron chi connectivity index (χ4n) is 3.13. The van der Waals surface area contributed by atoms with Gasteiger partial charge < -0.3 is 14.2 Å². The summed E-state index contributed by atoms with van der Waals surface area (Å²) in [5.41, 5.74) is 4.86. The van der Waals surface area contributed by atoms with Crippen LogP contribution in [-0.4, -0.2) is 20.4 Å². The van der Waals surface area contributed by atoms with E-state index in [1.165, 1.54) is 5.56 Å². The smallest absolute Gasteiger partial charge is 0.277 e. The largest absolute Gasteiger partial charge is 0.360 e. The van der Waals surface area contributed by atoms with Crippen LogP contribution in [0.1, 0.15) is 40.6 Å². The van der Waals surface area contributed by atoms with Crippen molar-refractivity contribution >= 4 is 17.2 Å². The van der Waals surface area contributed by atoms with Crippen LogP contribution in [0, 0.1) is 6.92 Å². The first-order chi connectivity index (χ1) is 13.2. The number of fused-ring (bicyclic) bond motifs is 1. The molecule has 0 unspecified atom stereocenters. The minimum absolute atomic E-state index is 0.270. The van der Waals surface area contributed by atoms with Crippen LogP contribution in [0.25, 0.3) is 16.9 Å². The monoisotopic (exact) mass is 358 g/mol. The molecule has 0 saturated heterocycles. The zero-order valence-corrected chi connectivity index (χ0v) is 14.8. The number of benzene rings is 1. The van der Waals surface area contributed by atoms with Crippen molar-refractivity contribution in [3.63, 3.8) is 0 Å². The summed E-state index contributed by atoms with van der Waals surface area (Å²) in [5, 5.41) is 6.78. The quantitative estimate of drug-likeness (QED) is 0.586. The third-order valence-electron chi connectivity index (χ3n) is 4.77. The zero-order valence-electron chi connectivity index (χ0n) is 14.8. The van der Waals surface area contributed by atoms with E-state index in [4.69, 9.17) is 4.52 Å². The van der Waals surface area contributed by atoms with E-state index < -0.39 is 0 Å². The van der Waals surface area contributed by atoms with Gasteiger partial charge in [0, 0.05) is 35.6 Å².